The number of rotatable bonds is 1. The van der Waals surface area contributed by atoms with Crippen molar-refractivity contribution >= 4 is 0 Å². The van der Waals surface area contributed by atoms with Gasteiger partial charge in [0.1, 0.15) is 0 Å². The third kappa shape index (κ3) is 3.14. The molecule has 3 saturated heterocycles. The van der Waals surface area contributed by atoms with Crippen molar-refractivity contribution in [2.24, 2.45) is 5.92 Å². The molecule has 0 aliphatic carbocycles. The van der Waals surface area contributed by atoms with Crippen LogP contribution in [0.3, 0.4) is 0 Å². The number of hydrogen-bond acceptors (Lipinski definition) is 3. The number of fused-ring (bicyclic) bond motifs is 2. The van der Waals surface area contributed by atoms with E-state index in [-0.39, 0.29) is 0 Å². The maximum atomic E-state index is 3.57. The molecule has 0 saturated carbocycles. The lowest BCUT2D eigenvalue weighted by molar-refractivity contribution is 0.00317. The first-order valence-corrected chi connectivity index (χ1v) is 8.40. The largest absolute Gasteiger partial charge is 0.316 e. The quantitative estimate of drug-likeness (QED) is 0.781. The van der Waals surface area contributed by atoms with Crippen molar-refractivity contribution in [3.63, 3.8) is 0 Å². The second-order valence-electron chi connectivity index (χ2n) is 7.19. The first kappa shape index (κ1) is 13.8. The molecule has 110 valence electrons. The van der Waals surface area contributed by atoms with Crippen molar-refractivity contribution in [3.8, 4) is 0 Å². The second kappa shape index (κ2) is 6.11. The van der Waals surface area contributed by atoms with Crippen LogP contribution in [0.15, 0.2) is 0 Å². The van der Waals surface area contributed by atoms with E-state index in [9.17, 15) is 0 Å². The van der Waals surface area contributed by atoms with Crippen LogP contribution in [0.5, 0.6) is 0 Å². The van der Waals surface area contributed by atoms with Gasteiger partial charge in [-0.1, -0.05) is 13.3 Å². The molecule has 3 aliphatic rings. The van der Waals surface area contributed by atoms with Gasteiger partial charge in [0.2, 0.25) is 0 Å². The molecule has 3 heterocycles. The van der Waals surface area contributed by atoms with Gasteiger partial charge in [-0.25, -0.2) is 0 Å². The zero-order chi connectivity index (χ0) is 13.2. The standard InChI is InChI=1S/C16H31N3/c1-13-11-17-7-4-8-19(12-13)16-9-14-5-3-6-15(10-16)18(14)2/h13-17H,3-12H2,1-2H3. The van der Waals surface area contributed by atoms with Gasteiger partial charge in [0.15, 0.2) is 0 Å². The zero-order valence-corrected chi connectivity index (χ0v) is 12.8. The predicted molar refractivity (Wildman–Crippen MR) is 80.4 cm³/mol. The minimum Gasteiger partial charge on any atom is -0.316 e. The molecule has 3 aliphatic heterocycles. The number of nitrogens with one attached hydrogen (secondary N) is 1. The molecule has 0 aromatic rings. The van der Waals surface area contributed by atoms with Gasteiger partial charge >= 0.3 is 0 Å². The fourth-order valence-corrected chi connectivity index (χ4v) is 4.53. The van der Waals surface area contributed by atoms with Crippen LogP contribution < -0.4 is 5.32 Å². The van der Waals surface area contributed by atoms with Gasteiger partial charge in [0.25, 0.3) is 0 Å². The zero-order valence-electron chi connectivity index (χ0n) is 12.8. The van der Waals surface area contributed by atoms with E-state index in [4.69, 9.17) is 0 Å². The Labute approximate surface area is 118 Å². The van der Waals surface area contributed by atoms with E-state index in [0.717, 1.165) is 24.0 Å². The molecular formula is C16H31N3. The average molecular weight is 265 g/mol. The van der Waals surface area contributed by atoms with Crippen LogP contribution in [0.2, 0.25) is 0 Å². The molecule has 0 amide bonds. The molecule has 3 unspecified atom stereocenters. The van der Waals surface area contributed by atoms with Gasteiger partial charge in [-0.2, -0.15) is 0 Å². The summed E-state index contributed by atoms with van der Waals surface area (Å²) in [6.45, 7) is 7.43. The maximum absolute atomic E-state index is 3.57. The summed E-state index contributed by atoms with van der Waals surface area (Å²) in [5.74, 6) is 0.805. The van der Waals surface area contributed by atoms with Crippen LogP contribution in [0.1, 0.15) is 45.4 Å². The average Bonchev–Trinajstić information content (AvgIpc) is 2.33. The maximum Gasteiger partial charge on any atom is 0.0125 e. The van der Waals surface area contributed by atoms with E-state index in [1.807, 2.05) is 0 Å². The summed E-state index contributed by atoms with van der Waals surface area (Å²) >= 11 is 0. The molecule has 3 atom stereocenters. The highest BCUT2D eigenvalue weighted by molar-refractivity contribution is 4.94. The van der Waals surface area contributed by atoms with Crippen molar-refractivity contribution in [3.05, 3.63) is 0 Å². The summed E-state index contributed by atoms with van der Waals surface area (Å²) in [6, 6.07) is 2.61. The third-order valence-electron chi connectivity index (χ3n) is 5.67. The van der Waals surface area contributed by atoms with Gasteiger partial charge in [-0.3, -0.25) is 4.90 Å². The summed E-state index contributed by atoms with van der Waals surface area (Å²) < 4.78 is 0. The fourth-order valence-electron chi connectivity index (χ4n) is 4.53. The van der Waals surface area contributed by atoms with E-state index in [0.29, 0.717) is 0 Å². The van der Waals surface area contributed by atoms with E-state index < -0.39 is 0 Å². The molecule has 3 fully saturated rings. The van der Waals surface area contributed by atoms with Crippen molar-refractivity contribution in [2.75, 3.05) is 33.2 Å². The van der Waals surface area contributed by atoms with Crippen LogP contribution in [-0.4, -0.2) is 61.2 Å². The van der Waals surface area contributed by atoms with Crippen molar-refractivity contribution < 1.29 is 0 Å². The Bertz CT molecular complexity index is 280. The van der Waals surface area contributed by atoms with E-state index in [1.165, 1.54) is 64.7 Å². The fraction of sp³-hybridized carbons (Fsp3) is 1.00. The Morgan fingerprint density at radius 2 is 1.74 bits per heavy atom. The van der Waals surface area contributed by atoms with E-state index >= 15 is 0 Å². The van der Waals surface area contributed by atoms with Crippen molar-refractivity contribution in [1.82, 2.24) is 15.1 Å². The molecule has 19 heavy (non-hydrogen) atoms. The number of nitrogens with zero attached hydrogens (tertiary/aromatic N) is 2. The van der Waals surface area contributed by atoms with E-state index in [2.05, 4.69) is 29.1 Å². The minimum atomic E-state index is 0.805. The molecule has 1 N–H and O–H groups in total. The predicted octanol–water partition coefficient (Wildman–Crippen LogP) is 1.93. The van der Waals surface area contributed by atoms with Crippen LogP contribution in [0.25, 0.3) is 0 Å². The molecule has 0 aromatic carbocycles. The molecule has 0 radical (unpaired) electrons. The summed E-state index contributed by atoms with van der Waals surface area (Å²) in [4.78, 5) is 5.53. The molecule has 3 nitrogen and oxygen atoms in total. The smallest absolute Gasteiger partial charge is 0.0125 e. The van der Waals surface area contributed by atoms with Gasteiger partial charge in [0, 0.05) is 24.7 Å². The van der Waals surface area contributed by atoms with Crippen molar-refractivity contribution in [2.45, 2.75) is 63.6 Å². The Morgan fingerprint density at radius 1 is 1.00 bits per heavy atom. The summed E-state index contributed by atoms with van der Waals surface area (Å²) in [7, 11) is 2.37. The highest BCUT2D eigenvalue weighted by Crippen LogP contribution is 2.35. The third-order valence-corrected chi connectivity index (χ3v) is 5.67. The summed E-state index contributed by atoms with van der Waals surface area (Å²) in [6.07, 6.45) is 8.52. The van der Waals surface area contributed by atoms with Gasteiger partial charge < -0.3 is 10.2 Å². The SMILES string of the molecule is CC1CNCCCN(C2CC3CCCC(C2)N3C)C1. The molecule has 2 bridgehead atoms. The topological polar surface area (TPSA) is 18.5 Å². The van der Waals surface area contributed by atoms with Gasteiger partial charge in [0.05, 0.1) is 0 Å². The van der Waals surface area contributed by atoms with Crippen molar-refractivity contribution in [1.29, 1.82) is 0 Å². The molecular weight excluding hydrogens is 234 g/mol. The number of piperidine rings is 2. The van der Waals surface area contributed by atoms with Gasteiger partial charge in [-0.05, 0) is 64.7 Å². The first-order valence-electron chi connectivity index (χ1n) is 8.40. The lowest BCUT2D eigenvalue weighted by Gasteiger charge is -2.50. The molecule has 0 spiro atoms. The minimum absolute atomic E-state index is 0.805. The number of hydrogen-bond donors (Lipinski definition) is 1. The summed E-state index contributed by atoms with van der Waals surface area (Å²) in [5.41, 5.74) is 0. The van der Waals surface area contributed by atoms with Crippen LogP contribution in [0, 0.1) is 5.92 Å². The lowest BCUT2D eigenvalue weighted by atomic mass is 9.81. The normalized spacial score (nSPS) is 42.6. The molecule has 3 rings (SSSR count). The Balaban J connectivity index is 1.64. The van der Waals surface area contributed by atoms with E-state index in [1.54, 1.807) is 0 Å². The Morgan fingerprint density at radius 3 is 2.47 bits per heavy atom. The van der Waals surface area contributed by atoms with Crippen LogP contribution in [0.4, 0.5) is 0 Å². The Kier molecular flexibility index (Phi) is 4.45. The lowest BCUT2D eigenvalue weighted by Crippen LogP contribution is -2.56. The van der Waals surface area contributed by atoms with Crippen LogP contribution in [-0.2, 0) is 0 Å². The van der Waals surface area contributed by atoms with Crippen LogP contribution >= 0.6 is 0 Å². The molecule has 0 aromatic heterocycles. The Hall–Kier alpha value is -0.120. The summed E-state index contributed by atoms with van der Waals surface area (Å²) in [5, 5.41) is 3.57. The highest BCUT2D eigenvalue weighted by Gasteiger charge is 2.38. The van der Waals surface area contributed by atoms with Gasteiger partial charge in [-0.15, -0.1) is 0 Å². The second-order valence-corrected chi connectivity index (χ2v) is 7.19. The highest BCUT2D eigenvalue weighted by atomic mass is 15.2. The monoisotopic (exact) mass is 265 g/mol. The first-order chi connectivity index (χ1) is 9.24. The molecule has 3 heteroatoms.